The molecule has 0 rings (SSSR count). The van der Waals surface area contributed by atoms with Gasteiger partial charge in [0, 0.05) is 7.11 Å². The molecule has 0 aliphatic carbocycles. The second-order valence-electron chi connectivity index (χ2n) is 3.27. The zero-order valence-electron chi connectivity index (χ0n) is 9.81. The molecule has 6 heteroatoms. The van der Waals surface area contributed by atoms with E-state index in [0.29, 0.717) is 0 Å². The van der Waals surface area contributed by atoms with Gasteiger partial charge in [-0.15, -0.1) is 0 Å². The molecule has 0 spiro atoms. The van der Waals surface area contributed by atoms with Crippen LogP contribution < -0.4 is 0 Å². The summed E-state index contributed by atoms with van der Waals surface area (Å²) in [5.41, 5.74) is 0. The first-order valence-electron chi connectivity index (χ1n) is 4.77. The molecule has 0 aliphatic rings. The molecule has 0 aromatic rings. The number of Topliss-reactive ketones (excluding diaryl/α,β-unsaturated/α-hetero) is 1. The lowest BCUT2D eigenvalue weighted by Crippen LogP contribution is -2.32. The third-order valence-electron chi connectivity index (χ3n) is 1.73. The van der Waals surface area contributed by atoms with E-state index in [4.69, 9.17) is 9.47 Å². The maximum Gasteiger partial charge on any atom is 0.347 e. The van der Waals surface area contributed by atoms with Crippen LogP contribution >= 0.6 is 0 Å². The van der Waals surface area contributed by atoms with E-state index in [9.17, 15) is 14.4 Å². The minimum absolute atomic E-state index is 0.280. The van der Waals surface area contributed by atoms with Gasteiger partial charge in [0.15, 0.2) is 18.0 Å². The number of ether oxygens (including phenoxy) is 3. The maximum atomic E-state index is 11.2. The highest BCUT2D eigenvalue weighted by Gasteiger charge is 2.22. The van der Waals surface area contributed by atoms with Crippen LogP contribution in [0.5, 0.6) is 0 Å². The Hall–Kier alpha value is -1.43. The fraction of sp³-hybridized carbons (Fsp3) is 0.700. The number of carbonyl (C=O) groups excluding carboxylic acids is 3. The molecule has 0 N–H and O–H groups in total. The topological polar surface area (TPSA) is 78.9 Å². The first kappa shape index (κ1) is 14.6. The van der Waals surface area contributed by atoms with Gasteiger partial charge in [-0.25, -0.2) is 9.59 Å². The summed E-state index contributed by atoms with van der Waals surface area (Å²) in [6.45, 7) is 3.83. The molecule has 6 nitrogen and oxygen atoms in total. The van der Waals surface area contributed by atoms with Crippen molar-refractivity contribution in [1.82, 2.24) is 0 Å². The van der Waals surface area contributed by atoms with E-state index in [1.807, 2.05) is 0 Å². The predicted molar refractivity (Wildman–Crippen MR) is 53.7 cm³/mol. The van der Waals surface area contributed by atoms with Crippen LogP contribution in [0.3, 0.4) is 0 Å². The van der Waals surface area contributed by atoms with E-state index >= 15 is 0 Å². The summed E-state index contributed by atoms with van der Waals surface area (Å²) in [6, 6.07) is 0. The molecule has 0 aliphatic heterocycles. The summed E-state index contributed by atoms with van der Waals surface area (Å²) in [5.74, 6) is -1.70. The number of methoxy groups -OCH3 is 1. The van der Waals surface area contributed by atoms with Gasteiger partial charge in [0.25, 0.3) is 0 Å². The largest absolute Gasteiger partial charge is 0.455 e. The fourth-order valence-electron chi connectivity index (χ4n) is 0.705. The van der Waals surface area contributed by atoms with Crippen molar-refractivity contribution in [3.05, 3.63) is 0 Å². The van der Waals surface area contributed by atoms with Crippen LogP contribution in [0.25, 0.3) is 0 Å². The summed E-state index contributed by atoms with van der Waals surface area (Å²) in [7, 11) is 1.35. The van der Waals surface area contributed by atoms with Crippen LogP contribution in [0.4, 0.5) is 0 Å². The van der Waals surface area contributed by atoms with Gasteiger partial charge in [0.1, 0.15) is 6.61 Å². The lowest BCUT2D eigenvalue weighted by Gasteiger charge is -2.14. The summed E-state index contributed by atoms with van der Waals surface area (Å²) in [5, 5.41) is 0. The number of hydrogen-bond donors (Lipinski definition) is 0. The average Bonchev–Trinajstić information content (AvgIpc) is 2.24. The van der Waals surface area contributed by atoms with Gasteiger partial charge in [-0.2, -0.15) is 0 Å². The lowest BCUT2D eigenvalue weighted by atomic mass is 10.3. The van der Waals surface area contributed by atoms with E-state index in [-0.39, 0.29) is 12.4 Å². The standard InChI is InChI=1S/C10H16O6/c1-6(11)5-15-9(12)8(3)16-10(13)7(2)14-4/h7-8H,5H2,1-4H3. The zero-order valence-corrected chi connectivity index (χ0v) is 9.81. The number of esters is 2. The van der Waals surface area contributed by atoms with Gasteiger partial charge in [-0.1, -0.05) is 0 Å². The van der Waals surface area contributed by atoms with Crippen LogP contribution in [-0.2, 0) is 28.6 Å². The first-order valence-corrected chi connectivity index (χ1v) is 4.77. The van der Waals surface area contributed by atoms with Crippen molar-refractivity contribution >= 4 is 17.7 Å². The van der Waals surface area contributed by atoms with Crippen molar-refractivity contribution in [2.24, 2.45) is 0 Å². The molecular formula is C10H16O6. The van der Waals surface area contributed by atoms with Crippen molar-refractivity contribution in [2.45, 2.75) is 33.0 Å². The molecule has 2 unspecified atom stereocenters. The number of rotatable bonds is 6. The fourth-order valence-corrected chi connectivity index (χ4v) is 0.705. The van der Waals surface area contributed by atoms with Gasteiger partial charge < -0.3 is 14.2 Å². The van der Waals surface area contributed by atoms with Gasteiger partial charge >= 0.3 is 11.9 Å². The summed E-state index contributed by atoms with van der Waals surface area (Å²) >= 11 is 0. The van der Waals surface area contributed by atoms with Crippen molar-refractivity contribution < 1.29 is 28.6 Å². The van der Waals surface area contributed by atoms with Crippen LogP contribution in [0.15, 0.2) is 0 Å². The molecule has 0 saturated heterocycles. The van der Waals surface area contributed by atoms with Gasteiger partial charge in [-0.3, -0.25) is 4.79 Å². The molecule has 16 heavy (non-hydrogen) atoms. The van der Waals surface area contributed by atoms with Crippen molar-refractivity contribution in [1.29, 1.82) is 0 Å². The molecule has 2 atom stereocenters. The monoisotopic (exact) mass is 232 g/mol. The molecule has 0 amide bonds. The van der Waals surface area contributed by atoms with E-state index in [1.54, 1.807) is 0 Å². The van der Waals surface area contributed by atoms with Crippen LogP contribution in [0.2, 0.25) is 0 Å². The summed E-state index contributed by atoms with van der Waals surface area (Å²) in [4.78, 5) is 32.9. The zero-order chi connectivity index (χ0) is 12.7. The highest BCUT2D eigenvalue weighted by atomic mass is 16.6. The maximum absolute atomic E-state index is 11.2. The smallest absolute Gasteiger partial charge is 0.347 e. The normalized spacial score (nSPS) is 13.8. The highest BCUT2D eigenvalue weighted by Crippen LogP contribution is 2.00. The molecule has 0 fully saturated rings. The Bertz CT molecular complexity index is 272. The molecule has 0 bridgehead atoms. The predicted octanol–water partition coefficient (Wildman–Crippen LogP) is 0.0852. The Morgan fingerprint density at radius 2 is 1.62 bits per heavy atom. The van der Waals surface area contributed by atoms with Crippen molar-refractivity contribution in [2.75, 3.05) is 13.7 Å². The van der Waals surface area contributed by atoms with Crippen molar-refractivity contribution in [3.8, 4) is 0 Å². The van der Waals surface area contributed by atoms with Crippen LogP contribution in [0.1, 0.15) is 20.8 Å². The molecule has 0 aromatic heterocycles. The molecule has 0 heterocycles. The second kappa shape index (κ2) is 6.95. The van der Waals surface area contributed by atoms with E-state index in [0.717, 1.165) is 0 Å². The SMILES string of the molecule is COC(C)C(=O)OC(C)C(=O)OCC(C)=O. The highest BCUT2D eigenvalue weighted by molar-refractivity contribution is 5.83. The number of ketones is 1. The Morgan fingerprint density at radius 3 is 2.06 bits per heavy atom. The van der Waals surface area contributed by atoms with Gasteiger partial charge in [0.2, 0.25) is 0 Å². The molecule has 0 saturated carbocycles. The van der Waals surface area contributed by atoms with Crippen molar-refractivity contribution in [3.63, 3.8) is 0 Å². The number of carbonyl (C=O) groups is 3. The second-order valence-corrected chi connectivity index (χ2v) is 3.27. The minimum Gasteiger partial charge on any atom is -0.455 e. The molecule has 92 valence electrons. The third-order valence-corrected chi connectivity index (χ3v) is 1.73. The Morgan fingerprint density at radius 1 is 1.06 bits per heavy atom. The Balaban J connectivity index is 4.05. The van der Waals surface area contributed by atoms with Crippen LogP contribution in [0, 0.1) is 0 Å². The quantitative estimate of drug-likeness (QED) is 0.604. The number of hydrogen-bond acceptors (Lipinski definition) is 6. The van der Waals surface area contributed by atoms with E-state index in [2.05, 4.69) is 4.74 Å². The van der Waals surface area contributed by atoms with E-state index < -0.39 is 24.1 Å². The lowest BCUT2D eigenvalue weighted by molar-refractivity contribution is -0.172. The first-order chi connectivity index (χ1) is 7.38. The molecular weight excluding hydrogens is 216 g/mol. The van der Waals surface area contributed by atoms with Crippen LogP contribution in [-0.4, -0.2) is 43.6 Å². The average molecular weight is 232 g/mol. The summed E-state index contributed by atoms with van der Waals surface area (Å²) < 4.78 is 14.0. The van der Waals surface area contributed by atoms with E-state index in [1.165, 1.54) is 27.9 Å². The van der Waals surface area contributed by atoms with Gasteiger partial charge in [-0.05, 0) is 20.8 Å². The molecule has 0 radical (unpaired) electrons. The minimum atomic E-state index is -1.05. The molecule has 0 aromatic carbocycles. The Kier molecular flexibility index (Phi) is 6.32. The Labute approximate surface area is 93.8 Å². The van der Waals surface area contributed by atoms with Gasteiger partial charge in [0.05, 0.1) is 0 Å². The summed E-state index contributed by atoms with van der Waals surface area (Å²) in [6.07, 6.45) is -1.80. The third kappa shape index (κ3) is 5.45.